The van der Waals surface area contributed by atoms with Crippen LogP contribution in [0.4, 0.5) is 5.69 Å². The monoisotopic (exact) mass is 383 g/mol. The summed E-state index contributed by atoms with van der Waals surface area (Å²) in [7, 11) is -3.41. The van der Waals surface area contributed by atoms with Crippen molar-refractivity contribution in [2.75, 3.05) is 18.8 Å². The predicted molar refractivity (Wildman–Crippen MR) is 113 cm³/mol. The smallest absolute Gasteiger partial charge is 0.306 e. The molecule has 27 heavy (non-hydrogen) atoms. The molecule has 0 aromatic heterocycles. The van der Waals surface area contributed by atoms with E-state index < -0.39 is 10.0 Å². The Morgan fingerprint density at radius 3 is 2.41 bits per heavy atom. The third kappa shape index (κ3) is 4.05. The molecule has 1 aliphatic rings. The van der Waals surface area contributed by atoms with Crippen LogP contribution in [0.5, 0.6) is 0 Å². The van der Waals surface area contributed by atoms with Crippen LogP contribution in [0, 0.1) is 0 Å². The largest absolute Gasteiger partial charge is 0.326 e. The Hall–Kier alpha value is -2.21. The quantitative estimate of drug-likeness (QED) is 0.744. The van der Waals surface area contributed by atoms with Crippen LogP contribution >= 0.6 is 0 Å². The second kappa shape index (κ2) is 8.21. The highest BCUT2D eigenvalue weighted by molar-refractivity contribution is 7.91. The molecule has 1 atom stereocenters. The highest BCUT2D eigenvalue weighted by atomic mass is 32.2. The maximum absolute atomic E-state index is 13.1. The molecule has 1 aliphatic heterocycles. The van der Waals surface area contributed by atoms with Crippen molar-refractivity contribution < 1.29 is 8.42 Å². The van der Waals surface area contributed by atoms with E-state index in [1.54, 1.807) is 13.1 Å². The van der Waals surface area contributed by atoms with Gasteiger partial charge >= 0.3 is 10.0 Å². The number of aryl methyl sites for hydroxylation is 2. The van der Waals surface area contributed by atoms with Crippen LogP contribution in [-0.4, -0.2) is 27.3 Å². The van der Waals surface area contributed by atoms with E-state index in [1.165, 1.54) is 5.56 Å². The van der Waals surface area contributed by atoms with E-state index in [9.17, 15) is 8.42 Å². The molecule has 5 heteroatoms. The van der Waals surface area contributed by atoms with E-state index in [4.69, 9.17) is 5.73 Å². The maximum Gasteiger partial charge on any atom is 0.306 e. The molecule has 0 radical (unpaired) electrons. The van der Waals surface area contributed by atoms with E-state index in [-0.39, 0.29) is 9.64 Å². The van der Waals surface area contributed by atoms with Crippen molar-refractivity contribution in [1.29, 1.82) is 0 Å². The summed E-state index contributed by atoms with van der Waals surface area (Å²) in [5, 5.41) is 0. The van der Waals surface area contributed by atoms with E-state index in [1.807, 2.05) is 48.6 Å². The minimum atomic E-state index is -3.41. The van der Waals surface area contributed by atoms with Crippen LogP contribution in [0.2, 0.25) is 0 Å². The Morgan fingerprint density at radius 1 is 1.00 bits per heavy atom. The van der Waals surface area contributed by atoms with Crippen LogP contribution in [0.1, 0.15) is 18.1 Å². The first-order valence-electron chi connectivity index (χ1n) is 9.33. The topological polar surface area (TPSA) is 60.2 Å². The third-order valence-electron chi connectivity index (χ3n) is 5.07. The molecule has 0 amide bonds. The van der Waals surface area contributed by atoms with E-state index in [0.29, 0.717) is 13.1 Å². The number of nitrogens with two attached hydrogens (primary N) is 1. The Kier molecular flexibility index (Phi) is 5.95. The van der Waals surface area contributed by atoms with Gasteiger partial charge in [-0.3, -0.25) is 0 Å². The molecule has 0 fully saturated rings. The lowest BCUT2D eigenvalue weighted by atomic mass is 10.0. The van der Waals surface area contributed by atoms with Gasteiger partial charge in [0.2, 0.25) is 0 Å². The second-order valence-corrected chi connectivity index (χ2v) is 9.21. The SMILES string of the molecule is CCS(=O)(=O)[N+]1(c2cccc(CCc3ccccc3)c2)C=C(CN)C=CC1. The molecule has 1 heterocycles. The number of hydrogen-bond acceptors (Lipinski definition) is 3. The standard InChI is InChI=1S/C22H27N2O2S/c1-2-27(25,26)24(15-7-11-21(17-23)18-24)22-12-6-10-20(16-22)14-13-19-8-4-3-5-9-19/h3-12,16,18H,2,13-15,17,23H2,1H3/q+1. The number of nitrogens with zero attached hydrogens (tertiary/aromatic N) is 1. The molecule has 2 N–H and O–H groups in total. The van der Waals surface area contributed by atoms with Gasteiger partial charge < -0.3 is 5.73 Å². The molecule has 0 aliphatic carbocycles. The molecule has 142 valence electrons. The van der Waals surface area contributed by atoms with Gasteiger partial charge in [-0.2, -0.15) is 12.3 Å². The minimum Gasteiger partial charge on any atom is -0.326 e. The fourth-order valence-electron chi connectivity index (χ4n) is 3.49. The molecule has 3 rings (SSSR count). The molecular weight excluding hydrogens is 356 g/mol. The van der Waals surface area contributed by atoms with Gasteiger partial charge in [-0.1, -0.05) is 48.5 Å². The molecule has 2 aromatic carbocycles. The van der Waals surface area contributed by atoms with Crippen molar-refractivity contribution in [1.82, 2.24) is 3.89 Å². The Morgan fingerprint density at radius 2 is 1.70 bits per heavy atom. The minimum absolute atomic E-state index is 0.0729. The van der Waals surface area contributed by atoms with Crippen LogP contribution in [0.25, 0.3) is 0 Å². The molecule has 2 aromatic rings. The van der Waals surface area contributed by atoms with Gasteiger partial charge in [0.25, 0.3) is 0 Å². The average molecular weight is 384 g/mol. The van der Waals surface area contributed by atoms with E-state index in [2.05, 4.69) is 18.2 Å². The number of quaternary nitrogens is 1. The summed E-state index contributed by atoms with van der Waals surface area (Å²) in [5.41, 5.74) is 9.83. The zero-order valence-electron chi connectivity index (χ0n) is 15.7. The van der Waals surface area contributed by atoms with Crippen molar-refractivity contribution in [3.05, 3.63) is 89.6 Å². The Bertz CT molecular complexity index is 949. The van der Waals surface area contributed by atoms with Crippen molar-refractivity contribution in [3.63, 3.8) is 0 Å². The Labute approximate surface area is 162 Å². The third-order valence-corrected chi connectivity index (χ3v) is 7.26. The van der Waals surface area contributed by atoms with Gasteiger partial charge in [-0.25, -0.2) is 0 Å². The Balaban J connectivity index is 1.97. The van der Waals surface area contributed by atoms with Gasteiger partial charge in [0, 0.05) is 24.3 Å². The van der Waals surface area contributed by atoms with Gasteiger partial charge in [0.15, 0.2) is 5.69 Å². The number of rotatable bonds is 7. The van der Waals surface area contributed by atoms with Crippen LogP contribution in [-0.2, 0) is 22.9 Å². The van der Waals surface area contributed by atoms with Crippen molar-refractivity contribution >= 4 is 15.7 Å². The summed E-state index contributed by atoms with van der Waals surface area (Å²) in [6.45, 7) is 2.41. The van der Waals surface area contributed by atoms with Crippen molar-refractivity contribution in [2.45, 2.75) is 19.8 Å². The summed E-state index contributed by atoms with van der Waals surface area (Å²) in [4.78, 5) is 0. The van der Waals surface area contributed by atoms with Crippen LogP contribution in [0.15, 0.2) is 78.5 Å². The molecule has 0 bridgehead atoms. The molecule has 4 nitrogen and oxygen atoms in total. The average Bonchev–Trinajstić information content (AvgIpc) is 2.73. The van der Waals surface area contributed by atoms with Gasteiger partial charge in [0.05, 0.1) is 5.75 Å². The lowest BCUT2D eigenvalue weighted by Gasteiger charge is -2.34. The van der Waals surface area contributed by atoms with Gasteiger partial charge in [0.1, 0.15) is 12.7 Å². The highest BCUT2D eigenvalue weighted by Crippen LogP contribution is 2.33. The van der Waals surface area contributed by atoms with Crippen molar-refractivity contribution in [2.24, 2.45) is 5.73 Å². The molecule has 0 saturated heterocycles. The molecule has 1 unspecified atom stereocenters. The van der Waals surface area contributed by atoms with E-state index in [0.717, 1.165) is 29.7 Å². The molecular formula is C22H27N2O2S+. The number of hydrogen-bond donors (Lipinski definition) is 1. The molecule has 0 spiro atoms. The predicted octanol–water partition coefficient (Wildman–Crippen LogP) is 3.54. The van der Waals surface area contributed by atoms with Gasteiger partial charge in [-0.05, 0) is 37.0 Å². The first-order valence-corrected chi connectivity index (χ1v) is 10.9. The lowest BCUT2D eigenvalue weighted by molar-refractivity contribution is 0.511. The zero-order valence-corrected chi connectivity index (χ0v) is 16.5. The fourth-order valence-corrected chi connectivity index (χ4v) is 5.00. The van der Waals surface area contributed by atoms with E-state index >= 15 is 0 Å². The first-order chi connectivity index (χ1) is 13.0. The number of sulfonamides is 1. The summed E-state index contributed by atoms with van der Waals surface area (Å²) >= 11 is 0. The summed E-state index contributed by atoms with van der Waals surface area (Å²) < 4.78 is 26.0. The highest BCUT2D eigenvalue weighted by Gasteiger charge is 2.42. The fraction of sp³-hybridized carbons (Fsp3) is 0.273. The van der Waals surface area contributed by atoms with Crippen molar-refractivity contribution in [3.8, 4) is 0 Å². The maximum atomic E-state index is 13.1. The second-order valence-electron chi connectivity index (χ2n) is 6.81. The summed E-state index contributed by atoms with van der Waals surface area (Å²) in [6.07, 6.45) is 7.42. The summed E-state index contributed by atoms with van der Waals surface area (Å²) in [6, 6.07) is 18.3. The zero-order chi connectivity index (χ0) is 19.3. The van der Waals surface area contributed by atoms with Crippen LogP contribution in [0.3, 0.4) is 0 Å². The number of benzene rings is 2. The summed E-state index contributed by atoms with van der Waals surface area (Å²) in [5.74, 6) is 0.0729. The van der Waals surface area contributed by atoms with Gasteiger partial charge in [-0.15, -0.1) is 0 Å². The normalized spacial score (nSPS) is 19.7. The lowest BCUT2D eigenvalue weighted by Crippen LogP contribution is -2.51. The first kappa shape index (κ1) is 19.5. The van der Waals surface area contributed by atoms with Crippen LogP contribution < -0.4 is 9.62 Å². The molecule has 0 saturated carbocycles.